The maximum absolute atomic E-state index is 14.1. The van der Waals surface area contributed by atoms with Crippen LogP contribution in [0.5, 0.6) is 5.75 Å². The van der Waals surface area contributed by atoms with E-state index in [4.69, 9.17) is 4.74 Å². The number of hydrogen-bond donors (Lipinski definition) is 2. The quantitative estimate of drug-likeness (QED) is 0.820. The molecule has 3 rings (SSSR count). The zero-order chi connectivity index (χ0) is 19.6. The number of sulfonamides is 1. The molecule has 1 amide bonds. The highest BCUT2D eigenvalue weighted by Crippen LogP contribution is 2.31. The lowest BCUT2D eigenvalue weighted by molar-refractivity contribution is 0.0924. The minimum Gasteiger partial charge on any atom is -0.493 e. The average molecular weight is 392 g/mol. The summed E-state index contributed by atoms with van der Waals surface area (Å²) in [5.41, 5.74) is 0.929. The fourth-order valence-corrected chi connectivity index (χ4v) is 4.31. The van der Waals surface area contributed by atoms with E-state index in [9.17, 15) is 17.6 Å². The van der Waals surface area contributed by atoms with E-state index < -0.39 is 32.7 Å². The van der Waals surface area contributed by atoms with Crippen LogP contribution in [0.15, 0.2) is 47.4 Å². The second-order valence-electron chi connectivity index (χ2n) is 6.62. The summed E-state index contributed by atoms with van der Waals surface area (Å²) < 4.78 is 46.5. The standard InChI is InChI=1S/C19H21FN2O4S/c1-12(2)22-27(24,25)18-11-13(7-8-15(18)20)19(23)21-16-9-10-26-17-6-4-3-5-14(16)17/h3-8,11-12,16,22H,9-10H2,1-2H3,(H,21,23). The van der Waals surface area contributed by atoms with Crippen molar-refractivity contribution in [1.82, 2.24) is 10.0 Å². The van der Waals surface area contributed by atoms with Gasteiger partial charge in [0, 0.05) is 23.6 Å². The predicted octanol–water partition coefficient (Wildman–Crippen LogP) is 2.77. The summed E-state index contributed by atoms with van der Waals surface area (Å²) in [6, 6.07) is 10.0. The number of nitrogens with one attached hydrogen (secondary N) is 2. The smallest absolute Gasteiger partial charge is 0.251 e. The van der Waals surface area contributed by atoms with Crippen molar-refractivity contribution in [1.29, 1.82) is 0 Å². The summed E-state index contributed by atoms with van der Waals surface area (Å²) in [5, 5.41) is 2.87. The fraction of sp³-hybridized carbons (Fsp3) is 0.316. The number of benzene rings is 2. The Labute approximate surface area is 157 Å². The van der Waals surface area contributed by atoms with Crippen molar-refractivity contribution in [3.05, 3.63) is 59.4 Å². The molecule has 2 aromatic rings. The Kier molecular flexibility index (Phi) is 5.48. The van der Waals surface area contributed by atoms with Crippen molar-refractivity contribution in [2.75, 3.05) is 6.61 Å². The number of rotatable bonds is 5. The molecule has 0 saturated heterocycles. The molecule has 1 heterocycles. The molecular formula is C19H21FN2O4S. The van der Waals surface area contributed by atoms with Crippen LogP contribution in [0.2, 0.25) is 0 Å². The molecule has 0 bridgehead atoms. The molecular weight excluding hydrogens is 371 g/mol. The van der Waals surface area contributed by atoms with Gasteiger partial charge >= 0.3 is 0 Å². The van der Waals surface area contributed by atoms with Crippen LogP contribution >= 0.6 is 0 Å². The molecule has 8 heteroatoms. The molecule has 6 nitrogen and oxygen atoms in total. The Morgan fingerprint density at radius 1 is 1.22 bits per heavy atom. The molecule has 144 valence electrons. The van der Waals surface area contributed by atoms with E-state index in [2.05, 4.69) is 10.0 Å². The van der Waals surface area contributed by atoms with Crippen LogP contribution in [0.4, 0.5) is 4.39 Å². The summed E-state index contributed by atoms with van der Waals surface area (Å²) in [5.74, 6) is -0.675. The number of fused-ring (bicyclic) bond motifs is 1. The van der Waals surface area contributed by atoms with Crippen LogP contribution in [0.25, 0.3) is 0 Å². The first-order valence-corrected chi connectivity index (χ1v) is 10.1. The van der Waals surface area contributed by atoms with Gasteiger partial charge in [-0.1, -0.05) is 18.2 Å². The molecule has 1 aliphatic rings. The number of ether oxygens (including phenoxy) is 1. The van der Waals surface area contributed by atoms with E-state index in [1.54, 1.807) is 13.8 Å². The first-order chi connectivity index (χ1) is 12.8. The Bertz CT molecular complexity index is 960. The van der Waals surface area contributed by atoms with Crippen LogP contribution in [-0.4, -0.2) is 27.0 Å². The molecule has 0 radical (unpaired) electrons. The Balaban J connectivity index is 1.86. The normalized spacial score (nSPS) is 16.5. The first-order valence-electron chi connectivity index (χ1n) is 8.62. The van der Waals surface area contributed by atoms with E-state index in [0.717, 1.165) is 17.7 Å². The van der Waals surface area contributed by atoms with Gasteiger partial charge in [-0.05, 0) is 38.1 Å². The van der Waals surface area contributed by atoms with Crippen LogP contribution in [0.3, 0.4) is 0 Å². The number of hydrogen-bond acceptors (Lipinski definition) is 4. The largest absolute Gasteiger partial charge is 0.493 e. The van der Waals surface area contributed by atoms with Gasteiger partial charge in [0.2, 0.25) is 10.0 Å². The van der Waals surface area contributed by atoms with Gasteiger partial charge in [-0.2, -0.15) is 0 Å². The van der Waals surface area contributed by atoms with Crippen molar-refractivity contribution < 1.29 is 22.3 Å². The van der Waals surface area contributed by atoms with Gasteiger partial charge in [0.25, 0.3) is 5.91 Å². The molecule has 0 aliphatic carbocycles. The number of halogens is 1. The minimum absolute atomic E-state index is 0.0736. The SMILES string of the molecule is CC(C)NS(=O)(=O)c1cc(C(=O)NC2CCOc3ccccc32)ccc1F. The molecule has 27 heavy (non-hydrogen) atoms. The first kappa shape index (κ1) is 19.3. The van der Waals surface area contributed by atoms with E-state index in [1.807, 2.05) is 24.3 Å². The summed E-state index contributed by atoms with van der Waals surface area (Å²) >= 11 is 0. The summed E-state index contributed by atoms with van der Waals surface area (Å²) in [4.78, 5) is 12.1. The molecule has 0 saturated carbocycles. The Morgan fingerprint density at radius 3 is 2.70 bits per heavy atom. The lowest BCUT2D eigenvalue weighted by Crippen LogP contribution is -2.33. The van der Waals surface area contributed by atoms with E-state index >= 15 is 0 Å². The number of amides is 1. The zero-order valence-electron chi connectivity index (χ0n) is 15.0. The van der Waals surface area contributed by atoms with Crippen LogP contribution in [0.1, 0.15) is 42.2 Å². The van der Waals surface area contributed by atoms with Crippen LogP contribution < -0.4 is 14.8 Å². The van der Waals surface area contributed by atoms with Crippen molar-refractivity contribution >= 4 is 15.9 Å². The van der Waals surface area contributed by atoms with Gasteiger partial charge in [-0.3, -0.25) is 4.79 Å². The lowest BCUT2D eigenvalue weighted by Gasteiger charge is -2.26. The summed E-state index contributed by atoms with van der Waals surface area (Å²) in [7, 11) is -4.05. The van der Waals surface area contributed by atoms with E-state index in [0.29, 0.717) is 18.8 Å². The van der Waals surface area contributed by atoms with Gasteiger partial charge in [0.15, 0.2) is 0 Å². The molecule has 0 aromatic heterocycles. The highest BCUT2D eigenvalue weighted by molar-refractivity contribution is 7.89. The second kappa shape index (κ2) is 7.66. The highest BCUT2D eigenvalue weighted by Gasteiger charge is 2.25. The summed E-state index contributed by atoms with van der Waals surface area (Å²) in [6.07, 6.45) is 0.587. The molecule has 1 atom stereocenters. The van der Waals surface area contributed by atoms with Gasteiger partial charge in [0.1, 0.15) is 16.5 Å². The molecule has 1 aliphatic heterocycles. The van der Waals surface area contributed by atoms with E-state index in [1.165, 1.54) is 6.07 Å². The highest BCUT2D eigenvalue weighted by atomic mass is 32.2. The van der Waals surface area contributed by atoms with Crippen molar-refractivity contribution in [3.8, 4) is 5.75 Å². The number of carbonyl (C=O) groups excluding carboxylic acids is 1. The molecule has 2 N–H and O–H groups in total. The lowest BCUT2D eigenvalue weighted by atomic mass is 10.00. The average Bonchev–Trinajstić information content (AvgIpc) is 2.61. The third kappa shape index (κ3) is 4.28. The Hall–Kier alpha value is -2.45. The topological polar surface area (TPSA) is 84.5 Å². The van der Waals surface area contributed by atoms with Gasteiger partial charge in [-0.25, -0.2) is 17.5 Å². The van der Waals surface area contributed by atoms with E-state index in [-0.39, 0.29) is 11.6 Å². The van der Waals surface area contributed by atoms with Crippen molar-refractivity contribution in [2.24, 2.45) is 0 Å². The number of para-hydroxylation sites is 1. The van der Waals surface area contributed by atoms with Crippen LogP contribution in [-0.2, 0) is 10.0 Å². The maximum Gasteiger partial charge on any atom is 0.251 e. The molecule has 1 unspecified atom stereocenters. The zero-order valence-corrected chi connectivity index (χ0v) is 15.8. The third-order valence-corrected chi connectivity index (χ3v) is 5.81. The van der Waals surface area contributed by atoms with Crippen LogP contribution in [0, 0.1) is 5.82 Å². The van der Waals surface area contributed by atoms with Gasteiger partial charge in [-0.15, -0.1) is 0 Å². The van der Waals surface area contributed by atoms with Gasteiger partial charge < -0.3 is 10.1 Å². The predicted molar refractivity (Wildman–Crippen MR) is 98.6 cm³/mol. The minimum atomic E-state index is -4.05. The molecule has 2 aromatic carbocycles. The second-order valence-corrected chi connectivity index (χ2v) is 8.30. The van der Waals surface area contributed by atoms with Gasteiger partial charge in [0.05, 0.1) is 12.6 Å². The number of carbonyl (C=O) groups is 1. The third-order valence-electron chi connectivity index (χ3n) is 4.14. The summed E-state index contributed by atoms with van der Waals surface area (Å²) in [6.45, 7) is 3.73. The Morgan fingerprint density at radius 2 is 1.96 bits per heavy atom. The molecule has 0 spiro atoms. The van der Waals surface area contributed by atoms with Crippen molar-refractivity contribution in [3.63, 3.8) is 0 Å². The molecule has 0 fully saturated rings. The maximum atomic E-state index is 14.1. The van der Waals surface area contributed by atoms with Crippen molar-refractivity contribution in [2.45, 2.75) is 37.2 Å². The fourth-order valence-electron chi connectivity index (χ4n) is 2.96. The monoisotopic (exact) mass is 392 g/mol.